The molecule has 4 rings (SSSR count). The molecule has 2 atom stereocenters. The highest BCUT2D eigenvalue weighted by atomic mass is 32.2. The molecule has 3 heterocycles. The van der Waals surface area contributed by atoms with E-state index in [1.54, 1.807) is 12.3 Å². The van der Waals surface area contributed by atoms with Crippen LogP contribution in [-0.4, -0.2) is 40.3 Å². The van der Waals surface area contributed by atoms with E-state index in [0.717, 1.165) is 28.7 Å². The molecule has 1 aromatic heterocycles. The summed E-state index contributed by atoms with van der Waals surface area (Å²) in [5.41, 5.74) is 2.22. The molecule has 0 fully saturated rings. The molecular formula is C20H22N3O3S+. The molecule has 0 N–H and O–H groups in total. The zero-order valence-electron chi connectivity index (χ0n) is 15.9. The molecule has 6 nitrogen and oxygen atoms in total. The Balaban J connectivity index is 2.02. The van der Waals surface area contributed by atoms with Crippen molar-refractivity contribution in [1.29, 1.82) is 0 Å². The molecule has 0 amide bonds. The van der Waals surface area contributed by atoms with E-state index in [0.29, 0.717) is 12.1 Å². The summed E-state index contributed by atoms with van der Waals surface area (Å²) in [6, 6.07) is 0. The van der Waals surface area contributed by atoms with Gasteiger partial charge in [-0.25, -0.2) is 13.8 Å². The number of esters is 1. The maximum absolute atomic E-state index is 12.6. The lowest BCUT2D eigenvalue weighted by atomic mass is 9.80. The molecule has 0 saturated heterocycles. The standard InChI is InChI=1S/C20H22N3O3S/c1-5-16(24)27-15-12-21-19-22(15)17-13(2)8-6-10-20(17)11-7-9-14(18(25)26-4)23(19,20)3/h6-9,11-12H,5,10H2,1-4H3/q+1. The summed E-state index contributed by atoms with van der Waals surface area (Å²) in [5, 5.41) is 0.871. The van der Waals surface area contributed by atoms with Gasteiger partial charge in [-0.2, -0.15) is 4.98 Å². The van der Waals surface area contributed by atoms with Crippen LogP contribution in [-0.2, 0) is 14.3 Å². The molecule has 27 heavy (non-hydrogen) atoms. The van der Waals surface area contributed by atoms with Crippen LogP contribution < -0.4 is 4.48 Å². The Hall–Kier alpha value is -2.38. The summed E-state index contributed by atoms with van der Waals surface area (Å²) in [5.74, 6) is 0.350. The van der Waals surface area contributed by atoms with Gasteiger partial charge >= 0.3 is 11.9 Å². The molecule has 140 valence electrons. The van der Waals surface area contributed by atoms with Crippen LogP contribution in [0, 0.1) is 0 Å². The lowest BCUT2D eigenvalue weighted by Crippen LogP contribution is -2.62. The molecule has 2 unspecified atom stereocenters. The molecule has 2 aliphatic heterocycles. The highest BCUT2D eigenvalue weighted by molar-refractivity contribution is 8.13. The van der Waals surface area contributed by atoms with E-state index in [1.807, 2.05) is 20.0 Å². The maximum Gasteiger partial charge on any atom is 0.393 e. The number of quaternary nitrogens is 1. The predicted molar refractivity (Wildman–Crippen MR) is 106 cm³/mol. The first-order chi connectivity index (χ1) is 12.9. The number of hydrogen-bond acceptors (Lipinski definition) is 5. The normalized spacial score (nSPS) is 27.8. The number of methoxy groups -OCH3 is 1. The molecule has 0 aromatic carbocycles. The van der Waals surface area contributed by atoms with Gasteiger partial charge in [0.05, 0.1) is 26.1 Å². The Bertz CT molecular complexity index is 985. The zero-order valence-corrected chi connectivity index (χ0v) is 16.7. The summed E-state index contributed by atoms with van der Waals surface area (Å²) in [6.45, 7) is 3.91. The maximum atomic E-state index is 12.6. The first-order valence-electron chi connectivity index (χ1n) is 8.93. The second kappa shape index (κ2) is 6.07. The van der Waals surface area contributed by atoms with Gasteiger partial charge in [-0.15, -0.1) is 0 Å². The molecule has 3 aliphatic rings. The third kappa shape index (κ3) is 2.15. The van der Waals surface area contributed by atoms with Crippen LogP contribution >= 0.6 is 11.8 Å². The van der Waals surface area contributed by atoms with Crippen LogP contribution in [0.2, 0.25) is 0 Å². The van der Waals surface area contributed by atoms with Crippen LogP contribution in [0.5, 0.6) is 0 Å². The SMILES string of the molecule is CCC(=O)Sc1cnc2n1C1=C(C)C=CCC13C=CC=C(C(=O)OC)[N+]23C. The molecule has 0 radical (unpaired) electrons. The van der Waals surface area contributed by atoms with Gasteiger partial charge in [-0.3, -0.25) is 4.79 Å². The minimum Gasteiger partial charge on any atom is -0.462 e. The Morgan fingerprint density at radius 2 is 2.22 bits per heavy atom. The number of carbonyl (C=O) groups is 2. The number of thioether (sulfide) groups is 1. The number of carbonyl (C=O) groups excluding carboxylic acids is 2. The van der Waals surface area contributed by atoms with Crippen molar-refractivity contribution in [1.82, 2.24) is 14.0 Å². The number of allylic oxidation sites excluding steroid dienone is 4. The Morgan fingerprint density at radius 3 is 2.93 bits per heavy atom. The fourth-order valence-corrected chi connectivity index (χ4v) is 5.16. The van der Waals surface area contributed by atoms with Crippen molar-refractivity contribution >= 4 is 34.5 Å². The molecular weight excluding hydrogens is 362 g/mol. The number of fused-ring (bicyclic) bond motifs is 3. The van der Waals surface area contributed by atoms with Crippen molar-refractivity contribution in [2.75, 3.05) is 14.2 Å². The van der Waals surface area contributed by atoms with Gasteiger partial charge in [0.15, 0.2) is 10.7 Å². The van der Waals surface area contributed by atoms with Gasteiger partial charge in [0.1, 0.15) is 5.03 Å². The van der Waals surface area contributed by atoms with Gasteiger partial charge in [0, 0.05) is 18.9 Å². The molecule has 1 aliphatic carbocycles. The summed E-state index contributed by atoms with van der Waals surface area (Å²) in [7, 11) is 3.40. The third-order valence-electron chi connectivity index (χ3n) is 5.72. The van der Waals surface area contributed by atoms with E-state index in [-0.39, 0.29) is 15.6 Å². The summed E-state index contributed by atoms with van der Waals surface area (Å²) < 4.78 is 7.34. The second-order valence-corrected chi connectivity index (χ2v) is 8.11. The Labute approximate surface area is 162 Å². The average Bonchev–Trinajstić information content (AvgIpc) is 3.16. The van der Waals surface area contributed by atoms with Crippen molar-refractivity contribution in [2.45, 2.75) is 37.3 Å². The van der Waals surface area contributed by atoms with Crippen LogP contribution in [0.4, 0.5) is 5.95 Å². The summed E-state index contributed by atoms with van der Waals surface area (Å²) in [6.07, 6.45) is 13.0. The van der Waals surface area contributed by atoms with Crippen LogP contribution in [0.3, 0.4) is 0 Å². The number of aromatic nitrogens is 2. The number of likely N-dealkylation sites (N-methyl/N-ethyl adjacent to an activating group) is 1. The quantitative estimate of drug-likeness (QED) is 0.454. The second-order valence-electron chi connectivity index (χ2n) is 7.03. The van der Waals surface area contributed by atoms with Gasteiger partial charge in [0.2, 0.25) is 5.70 Å². The van der Waals surface area contributed by atoms with Crippen LogP contribution in [0.25, 0.3) is 5.70 Å². The van der Waals surface area contributed by atoms with Crippen molar-refractivity contribution in [2.24, 2.45) is 0 Å². The number of ether oxygens (including phenoxy) is 1. The van der Waals surface area contributed by atoms with E-state index >= 15 is 0 Å². The van der Waals surface area contributed by atoms with E-state index in [2.05, 4.69) is 34.7 Å². The van der Waals surface area contributed by atoms with E-state index < -0.39 is 5.54 Å². The summed E-state index contributed by atoms with van der Waals surface area (Å²) in [4.78, 5) is 29.4. The highest BCUT2D eigenvalue weighted by Gasteiger charge is 2.65. The predicted octanol–water partition coefficient (Wildman–Crippen LogP) is 3.42. The molecule has 0 bridgehead atoms. The average molecular weight is 384 g/mol. The van der Waals surface area contributed by atoms with Crippen molar-refractivity contribution < 1.29 is 14.3 Å². The van der Waals surface area contributed by atoms with Gasteiger partial charge in [-0.05, 0) is 30.3 Å². The minimum atomic E-state index is -0.481. The number of nitrogens with zero attached hydrogens (tertiary/aromatic N) is 3. The smallest absolute Gasteiger partial charge is 0.393 e. The van der Waals surface area contributed by atoms with E-state index in [4.69, 9.17) is 4.74 Å². The molecule has 1 aromatic rings. The van der Waals surface area contributed by atoms with Crippen LogP contribution in [0.15, 0.2) is 52.9 Å². The van der Waals surface area contributed by atoms with Crippen molar-refractivity contribution in [3.63, 3.8) is 0 Å². The Kier molecular flexibility index (Phi) is 4.05. The van der Waals surface area contributed by atoms with Gasteiger partial charge in [0.25, 0.3) is 0 Å². The molecule has 1 spiro atoms. The lowest BCUT2D eigenvalue weighted by molar-refractivity contribution is -0.138. The summed E-state index contributed by atoms with van der Waals surface area (Å²) >= 11 is 1.20. The fourth-order valence-electron chi connectivity index (χ4n) is 4.41. The van der Waals surface area contributed by atoms with Gasteiger partial charge in [-0.1, -0.05) is 25.2 Å². The fraction of sp³-hybridized carbons (Fsp3) is 0.350. The topological polar surface area (TPSA) is 61.2 Å². The minimum absolute atomic E-state index is 0.0863. The highest BCUT2D eigenvalue weighted by Crippen LogP contribution is 2.57. The third-order valence-corrected chi connectivity index (χ3v) is 6.74. The number of rotatable bonds is 3. The number of imidazole rings is 1. The first-order valence-corrected chi connectivity index (χ1v) is 9.74. The monoisotopic (exact) mass is 384 g/mol. The lowest BCUT2D eigenvalue weighted by Gasteiger charge is -2.44. The van der Waals surface area contributed by atoms with Crippen molar-refractivity contribution in [3.05, 3.63) is 47.8 Å². The van der Waals surface area contributed by atoms with Crippen molar-refractivity contribution in [3.8, 4) is 0 Å². The van der Waals surface area contributed by atoms with Gasteiger partial charge < -0.3 is 4.74 Å². The molecule has 7 heteroatoms. The molecule has 0 saturated carbocycles. The zero-order chi connectivity index (χ0) is 19.4. The van der Waals surface area contributed by atoms with Crippen LogP contribution in [0.1, 0.15) is 26.7 Å². The largest absolute Gasteiger partial charge is 0.462 e. The van der Waals surface area contributed by atoms with E-state index in [9.17, 15) is 9.59 Å². The number of hydrogen-bond donors (Lipinski definition) is 0. The first kappa shape index (κ1) is 18.0. The Morgan fingerprint density at radius 1 is 1.44 bits per heavy atom. The van der Waals surface area contributed by atoms with E-state index in [1.165, 1.54) is 18.9 Å².